The van der Waals surface area contributed by atoms with E-state index in [9.17, 15) is 9.59 Å². The number of carbonyl (C=O) groups is 1. The van der Waals surface area contributed by atoms with Crippen molar-refractivity contribution < 1.29 is 13.6 Å². The predicted octanol–water partition coefficient (Wildman–Crippen LogP) is 3.44. The van der Waals surface area contributed by atoms with E-state index in [0.717, 1.165) is 24.0 Å². The first-order valence-electron chi connectivity index (χ1n) is 8.43. The third-order valence-corrected chi connectivity index (χ3v) is 4.47. The summed E-state index contributed by atoms with van der Waals surface area (Å²) in [5.74, 6) is 0.459. The summed E-state index contributed by atoms with van der Waals surface area (Å²) in [4.78, 5) is 26.3. The standard InChI is InChI=1S/C19H22N2O4/c1-5-21(6-2)10-15(22)20-18-12(4)24-14-8-7-13-11(3)9-16(23)25-19(13)17(14)18/h7-9H,5-6,10H2,1-4H3,(H,20,22). The van der Waals surface area contributed by atoms with E-state index in [2.05, 4.69) is 5.32 Å². The maximum absolute atomic E-state index is 12.4. The van der Waals surface area contributed by atoms with Gasteiger partial charge in [-0.15, -0.1) is 0 Å². The molecule has 0 spiro atoms. The van der Waals surface area contributed by atoms with Crippen LogP contribution in [0.1, 0.15) is 25.2 Å². The van der Waals surface area contributed by atoms with Crippen molar-refractivity contribution in [3.63, 3.8) is 0 Å². The van der Waals surface area contributed by atoms with E-state index in [1.165, 1.54) is 6.07 Å². The molecule has 1 aromatic carbocycles. The molecule has 0 bridgehead atoms. The number of aryl methyl sites for hydroxylation is 2. The first-order valence-corrected chi connectivity index (χ1v) is 8.43. The average molecular weight is 342 g/mol. The minimum atomic E-state index is -0.420. The fraction of sp³-hybridized carbons (Fsp3) is 0.368. The van der Waals surface area contributed by atoms with Crippen LogP contribution in [-0.2, 0) is 4.79 Å². The number of furan rings is 1. The van der Waals surface area contributed by atoms with Crippen molar-refractivity contribution in [3.05, 3.63) is 39.9 Å². The Bertz CT molecular complexity index is 996. The number of hydrogen-bond acceptors (Lipinski definition) is 5. The van der Waals surface area contributed by atoms with Crippen molar-refractivity contribution in [2.24, 2.45) is 0 Å². The number of likely N-dealkylation sites (N-methyl/N-ethyl adjacent to an activating group) is 1. The van der Waals surface area contributed by atoms with E-state index >= 15 is 0 Å². The van der Waals surface area contributed by atoms with Crippen LogP contribution in [0.15, 0.2) is 31.8 Å². The smallest absolute Gasteiger partial charge is 0.336 e. The molecule has 0 saturated carbocycles. The van der Waals surface area contributed by atoms with Crippen molar-refractivity contribution in [2.45, 2.75) is 27.7 Å². The molecule has 1 amide bonds. The number of fused-ring (bicyclic) bond motifs is 3. The molecule has 25 heavy (non-hydrogen) atoms. The molecule has 0 radical (unpaired) electrons. The van der Waals surface area contributed by atoms with Gasteiger partial charge in [0.15, 0.2) is 5.58 Å². The quantitative estimate of drug-likeness (QED) is 0.719. The fourth-order valence-corrected chi connectivity index (χ4v) is 3.06. The van der Waals surface area contributed by atoms with Gasteiger partial charge in [0.05, 0.1) is 17.6 Å². The average Bonchev–Trinajstić information content (AvgIpc) is 2.88. The number of nitrogens with one attached hydrogen (secondary N) is 1. The maximum atomic E-state index is 12.4. The lowest BCUT2D eigenvalue weighted by molar-refractivity contribution is -0.117. The zero-order valence-electron chi connectivity index (χ0n) is 14.9. The highest BCUT2D eigenvalue weighted by Gasteiger charge is 2.19. The van der Waals surface area contributed by atoms with Gasteiger partial charge in [-0.2, -0.15) is 0 Å². The molecule has 0 saturated heterocycles. The van der Waals surface area contributed by atoms with E-state index in [-0.39, 0.29) is 5.91 Å². The van der Waals surface area contributed by atoms with Gasteiger partial charge in [-0.05, 0) is 44.6 Å². The number of rotatable bonds is 5. The molecule has 3 rings (SSSR count). The second-order valence-corrected chi connectivity index (χ2v) is 6.11. The molecule has 0 fully saturated rings. The number of carbonyl (C=O) groups excluding carboxylic acids is 1. The first kappa shape index (κ1) is 17.2. The Morgan fingerprint density at radius 1 is 1.16 bits per heavy atom. The summed E-state index contributed by atoms with van der Waals surface area (Å²) in [7, 11) is 0. The van der Waals surface area contributed by atoms with E-state index in [1.54, 1.807) is 6.92 Å². The zero-order valence-corrected chi connectivity index (χ0v) is 14.9. The molecule has 3 aromatic rings. The van der Waals surface area contributed by atoms with Gasteiger partial charge in [-0.25, -0.2) is 4.79 Å². The number of benzene rings is 1. The van der Waals surface area contributed by atoms with Crippen LogP contribution in [0.4, 0.5) is 5.69 Å². The predicted molar refractivity (Wildman–Crippen MR) is 98.1 cm³/mol. The first-order chi connectivity index (χ1) is 11.9. The molecule has 6 heteroatoms. The lowest BCUT2D eigenvalue weighted by atomic mass is 10.1. The summed E-state index contributed by atoms with van der Waals surface area (Å²) >= 11 is 0. The van der Waals surface area contributed by atoms with Crippen molar-refractivity contribution in [1.29, 1.82) is 0 Å². The van der Waals surface area contributed by atoms with Gasteiger partial charge >= 0.3 is 5.63 Å². The molecule has 0 aliphatic carbocycles. The Hall–Kier alpha value is -2.60. The van der Waals surface area contributed by atoms with E-state index in [1.807, 2.05) is 37.8 Å². The van der Waals surface area contributed by atoms with Crippen LogP contribution in [-0.4, -0.2) is 30.4 Å². The van der Waals surface area contributed by atoms with Gasteiger partial charge in [0, 0.05) is 11.5 Å². The second kappa shape index (κ2) is 6.72. The van der Waals surface area contributed by atoms with Crippen LogP contribution in [0.3, 0.4) is 0 Å². The Balaban J connectivity index is 2.12. The van der Waals surface area contributed by atoms with Crippen molar-refractivity contribution in [2.75, 3.05) is 25.0 Å². The number of amides is 1. The van der Waals surface area contributed by atoms with E-state index < -0.39 is 5.63 Å². The summed E-state index contributed by atoms with van der Waals surface area (Å²) in [6, 6.07) is 5.15. The molecule has 1 N–H and O–H groups in total. The summed E-state index contributed by atoms with van der Waals surface area (Å²) in [6.45, 7) is 9.56. The highest BCUT2D eigenvalue weighted by atomic mass is 16.4. The molecule has 132 valence electrons. The molecule has 2 aromatic heterocycles. The van der Waals surface area contributed by atoms with Gasteiger partial charge < -0.3 is 14.2 Å². The van der Waals surface area contributed by atoms with Gasteiger partial charge in [-0.1, -0.05) is 13.8 Å². The van der Waals surface area contributed by atoms with Crippen molar-refractivity contribution in [3.8, 4) is 0 Å². The number of hydrogen-bond donors (Lipinski definition) is 1. The molecular formula is C19H22N2O4. The van der Waals surface area contributed by atoms with E-state index in [4.69, 9.17) is 8.83 Å². The lowest BCUT2D eigenvalue weighted by Crippen LogP contribution is -2.33. The number of anilines is 1. The number of nitrogens with zero attached hydrogens (tertiary/aromatic N) is 1. The summed E-state index contributed by atoms with van der Waals surface area (Å²) in [5, 5.41) is 4.38. The molecule has 2 heterocycles. The van der Waals surface area contributed by atoms with Gasteiger partial charge in [0.1, 0.15) is 11.3 Å². The summed E-state index contributed by atoms with van der Waals surface area (Å²) in [5.41, 5.74) is 1.99. The summed E-state index contributed by atoms with van der Waals surface area (Å²) < 4.78 is 11.2. The maximum Gasteiger partial charge on any atom is 0.336 e. The lowest BCUT2D eigenvalue weighted by Gasteiger charge is -2.17. The van der Waals surface area contributed by atoms with Gasteiger partial charge in [-0.3, -0.25) is 9.69 Å². The summed E-state index contributed by atoms with van der Waals surface area (Å²) in [6.07, 6.45) is 0. The third kappa shape index (κ3) is 3.17. The van der Waals surface area contributed by atoms with Crippen LogP contribution in [0, 0.1) is 13.8 Å². The minimum Gasteiger partial charge on any atom is -0.459 e. The highest BCUT2D eigenvalue weighted by molar-refractivity contribution is 6.13. The molecule has 0 atom stereocenters. The topological polar surface area (TPSA) is 75.7 Å². The van der Waals surface area contributed by atoms with E-state index in [0.29, 0.717) is 34.5 Å². The highest BCUT2D eigenvalue weighted by Crippen LogP contribution is 2.36. The minimum absolute atomic E-state index is 0.124. The SMILES string of the molecule is CCN(CC)CC(=O)Nc1c(C)oc2ccc3c(C)cc(=O)oc3c12. The van der Waals surface area contributed by atoms with Crippen molar-refractivity contribution in [1.82, 2.24) is 4.90 Å². The van der Waals surface area contributed by atoms with Crippen LogP contribution >= 0.6 is 0 Å². The molecular weight excluding hydrogens is 320 g/mol. The van der Waals surface area contributed by atoms with Gasteiger partial charge in [0.2, 0.25) is 5.91 Å². The van der Waals surface area contributed by atoms with Crippen LogP contribution in [0.5, 0.6) is 0 Å². The molecule has 6 nitrogen and oxygen atoms in total. The monoisotopic (exact) mass is 342 g/mol. The molecule has 0 aliphatic heterocycles. The Morgan fingerprint density at radius 2 is 1.88 bits per heavy atom. The molecule has 0 unspecified atom stereocenters. The fourth-order valence-electron chi connectivity index (χ4n) is 3.06. The normalized spacial score (nSPS) is 11.6. The second-order valence-electron chi connectivity index (χ2n) is 6.11. The Kier molecular flexibility index (Phi) is 4.63. The molecule has 0 aliphatic rings. The van der Waals surface area contributed by atoms with Gasteiger partial charge in [0.25, 0.3) is 0 Å². The largest absolute Gasteiger partial charge is 0.459 e. The van der Waals surface area contributed by atoms with Crippen LogP contribution in [0.25, 0.3) is 21.9 Å². The Morgan fingerprint density at radius 3 is 2.56 bits per heavy atom. The third-order valence-electron chi connectivity index (χ3n) is 4.47. The van der Waals surface area contributed by atoms with Crippen LogP contribution in [0.2, 0.25) is 0 Å². The Labute approximate surface area is 145 Å². The van der Waals surface area contributed by atoms with Crippen molar-refractivity contribution >= 4 is 33.5 Å². The zero-order chi connectivity index (χ0) is 18.1. The van der Waals surface area contributed by atoms with Crippen LogP contribution < -0.4 is 10.9 Å².